The second-order valence-electron chi connectivity index (χ2n) is 7.90. The Morgan fingerprint density at radius 1 is 1.13 bits per heavy atom. The maximum atomic E-state index is 13.0. The van der Waals surface area contributed by atoms with E-state index < -0.39 is 17.5 Å². The number of nitrogens with zero attached hydrogens (tertiary/aromatic N) is 3. The molecule has 160 valence electrons. The van der Waals surface area contributed by atoms with Crippen molar-refractivity contribution in [2.75, 3.05) is 20.2 Å². The Kier molecular flexibility index (Phi) is 5.46. The normalized spacial score (nSPS) is 17.4. The number of alkyl halides is 3. The van der Waals surface area contributed by atoms with Crippen LogP contribution in [-0.2, 0) is 19.3 Å². The third-order valence-corrected chi connectivity index (χ3v) is 5.70. The molecule has 0 aliphatic carbocycles. The van der Waals surface area contributed by atoms with Gasteiger partial charge in [0.05, 0.1) is 19.3 Å². The summed E-state index contributed by atoms with van der Waals surface area (Å²) in [5.41, 5.74) is -0.294. The number of hydrogen-bond donors (Lipinski definition) is 1. The SMILES string of the molecule is COc1ccc(CN2CCC(O)(Cn3cccc4cc(C(F)(F)F)nc3-4)CC2)cc1. The van der Waals surface area contributed by atoms with Crippen molar-refractivity contribution in [3.8, 4) is 17.1 Å². The highest BCUT2D eigenvalue weighted by Crippen LogP contribution is 2.35. The van der Waals surface area contributed by atoms with E-state index in [2.05, 4.69) is 9.88 Å². The lowest BCUT2D eigenvalue weighted by Crippen LogP contribution is -2.46. The minimum absolute atomic E-state index is 0.217. The van der Waals surface area contributed by atoms with Gasteiger partial charge in [-0.2, -0.15) is 13.2 Å². The molecule has 1 fully saturated rings. The van der Waals surface area contributed by atoms with Crippen molar-refractivity contribution in [3.63, 3.8) is 0 Å². The molecule has 4 rings (SSSR count). The van der Waals surface area contributed by atoms with Crippen LogP contribution in [0.5, 0.6) is 5.75 Å². The van der Waals surface area contributed by atoms with Gasteiger partial charge in [-0.05, 0) is 48.7 Å². The second kappa shape index (κ2) is 7.92. The van der Waals surface area contributed by atoms with Crippen LogP contribution in [0.15, 0.2) is 48.7 Å². The molecular weight excluding hydrogens is 395 g/mol. The average Bonchev–Trinajstić information content (AvgIpc) is 3.17. The zero-order valence-corrected chi connectivity index (χ0v) is 16.7. The van der Waals surface area contributed by atoms with E-state index in [-0.39, 0.29) is 12.4 Å². The number of ether oxygens (including phenoxy) is 1. The van der Waals surface area contributed by atoms with E-state index in [1.54, 1.807) is 30.0 Å². The van der Waals surface area contributed by atoms with E-state index in [1.807, 2.05) is 24.3 Å². The predicted octanol–water partition coefficient (Wildman–Crippen LogP) is 4.04. The van der Waals surface area contributed by atoms with Crippen LogP contribution in [0.1, 0.15) is 24.1 Å². The first kappa shape index (κ1) is 20.7. The quantitative estimate of drug-likeness (QED) is 0.678. The van der Waals surface area contributed by atoms with Gasteiger partial charge in [-0.15, -0.1) is 0 Å². The summed E-state index contributed by atoms with van der Waals surface area (Å²) in [7, 11) is 1.63. The van der Waals surface area contributed by atoms with Crippen LogP contribution in [0.2, 0.25) is 0 Å². The molecule has 8 heteroatoms. The van der Waals surface area contributed by atoms with Gasteiger partial charge in [-0.1, -0.05) is 12.1 Å². The molecule has 3 aliphatic heterocycles. The Labute approximate surface area is 173 Å². The Bertz CT molecular complexity index is 961. The molecule has 0 saturated carbocycles. The van der Waals surface area contributed by atoms with E-state index in [9.17, 15) is 18.3 Å². The molecule has 0 amide bonds. The molecule has 1 N–H and O–H groups in total. The maximum absolute atomic E-state index is 13.0. The van der Waals surface area contributed by atoms with Gasteiger partial charge in [0.2, 0.25) is 0 Å². The Hall–Kier alpha value is -2.58. The van der Waals surface area contributed by atoms with Gasteiger partial charge in [0, 0.05) is 31.4 Å². The molecule has 0 spiro atoms. The number of pyridine rings is 1. The molecule has 5 nitrogen and oxygen atoms in total. The van der Waals surface area contributed by atoms with Crippen LogP contribution >= 0.6 is 0 Å². The molecule has 3 aliphatic rings. The number of likely N-dealkylation sites (tertiary alicyclic amines) is 1. The van der Waals surface area contributed by atoms with Crippen LogP contribution < -0.4 is 4.74 Å². The van der Waals surface area contributed by atoms with Gasteiger partial charge in [0.15, 0.2) is 0 Å². The fraction of sp³-hybridized carbons (Fsp3) is 0.409. The minimum atomic E-state index is -4.49. The highest BCUT2D eigenvalue weighted by Gasteiger charge is 2.37. The van der Waals surface area contributed by atoms with Crippen LogP contribution in [0.4, 0.5) is 13.2 Å². The first-order valence-corrected chi connectivity index (χ1v) is 9.87. The van der Waals surface area contributed by atoms with Gasteiger partial charge in [0.25, 0.3) is 0 Å². The average molecular weight is 419 g/mol. The van der Waals surface area contributed by atoms with Crippen LogP contribution in [0.3, 0.4) is 0 Å². The molecule has 3 heterocycles. The predicted molar refractivity (Wildman–Crippen MR) is 106 cm³/mol. The first-order chi connectivity index (χ1) is 14.3. The summed E-state index contributed by atoms with van der Waals surface area (Å²) in [6.07, 6.45) is -1.73. The summed E-state index contributed by atoms with van der Waals surface area (Å²) in [6, 6.07) is 12.2. The van der Waals surface area contributed by atoms with E-state index >= 15 is 0 Å². The van der Waals surface area contributed by atoms with Crippen LogP contribution in [0, 0.1) is 0 Å². The summed E-state index contributed by atoms with van der Waals surface area (Å²) in [5, 5.41) is 11.1. The standard InChI is InChI=1S/C22H24F3N3O2/c1-30-18-6-4-16(5-7-18)14-27-11-8-21(29,9-12-27)15-28-10-2-3-17-13-19(22(23,24)25)26-20(17)28/h2-7,10,13,29H,8-9,11-12,14-15H2,1H3. The lowest BCUT2D eigenvalue weighted by molar-refractivity contribution is -0.140. The minimum Gasteiger partial charge on any atom is -0.497 e. The molecular formula is C22H24F3N3O2. The van der Waals surface area contributed by atoms with Crippen LogP contribution in [0.25, 0.3) is 11.4 Å². The number of rotatable bonds is 5. The number of methoxy groups -OCH3 is 1. The van der Waals surface area contributed by atoms with Crippen molar-refractivity contribution >= 4 is 0 Å². The fourth-order valence-corrected chi connectivity index (χ4v) is 3.96. The Morgan fingerprint density at radius 3 is 2.47 bits per heavy atom. The van der Waals surface area contributed by atoms with Gasteiger partial charge in [-0.25, -0.2) is 4.98 Å². The molecule has 0 atom stereocenters. The summed E-state index contributed by atoms with van der Waals surface area (Å²) >= 11 is 0. The lowest BCUT2D eigenvalue weighted by Gasteiger charge is -2.39. The fourth-order valence-electron chi connectivity index (χ4n) is 3.96. The lowest BCUT2D eigenvalue weighted by atomic mass is 9.90. The third-order valence-electron chi connectivity index (χ3n) is 5.70. The summed E-state index contributed by atoms with van der Waals surface area (Å²) < 4.78 is 45.9. The van der Waals surface area contributed by atoms with Gasteiger partial charge < -0.3 is 14.4 Å². The third kappa shape index (κ3) is 4.44. The van der Waals surface area contributed by atoms with Crippen molar-refractivity contribution in [3.05, 3.63) is 59.9 Å². The highest BCUT2D eigenvalue weighted by molar-refractivity contribution is 5.59. The van der Waals surface area contributed by atoms with Crippen molar-refractivity contribution in [1.82, 2.24) is 14.5 Å². The molecule has 1 aromatic rings. The zero-order valence-electron chi connectivity index (χ0n) is 16.7. The van der Waals surface area contributed by atoms with Crippen molar-refractivity contribution in [2.45, 2.75) is 37.7 Å². The number of piperidine rings is 1. The number of aromatic nitrogens is 2. The summed E-state index contributed by atoms with van der Waals surface area (Å²) in [4.78, 5) is 6.04. The van der Waals surface area contributed by atoms with E-state index in [1.165, 1.54) is 5.56 Å². The maximum Gasteiger partial charge on any atom is 0.433 e. The van der Waals surface area contributed by atoms with Gasteiger partial charge in [-0.3, -0.25) is 4.90 Å². The van der Waals surface area contributed by atoms with Gasteiger partial charge in [0.1, 0.15) is 17.3 Å². The molecule has 1 aromatic carbocycles. The van der Waals surface area contributed by atoms with Crippen molar-refractivity contribution in [2.24, 2.45) is 0 Å². The number of benzene rings is 1. The number of aliphatic hydroxyl groups is 1. The Balaban J connectivity index is 1.42. The monoisotopic (exact) mass is 419 g/mol. The Morgan fingerprint density at radius 2 is 1.83 bits per heavy atom. The molecule has 1 saturated heterocycles. The van der Waals surface area contributed by atoms with E-state index in [4.69, 9.17) is 4.74 Å². The molecule has 0 bridgehead atoms. The van der Waals surface area contributed by atoms with Crippen molar-refractivity contribution < 1.29 is 23.0 Å². The van der Waals surface area contributed by atoms with Gasteiger partial charge >= 0.3 is 6.18 Å². The topological polar surface area (TPSA) is 50.5 Å². The number of fused-ring (bicyclic) bond motifs is 1. The summed E-state index contributed by atoms with van der Waals surface area (Å²) in [6.45, 7) is 2.42. The van der Waals surface area contributed by atoms with Crippen LogP contribution in [-0.4, -0.2) is 45.4 Å². The molecule has 0 unspecified atom stereocenters. The smallest absolute Gasteiger partial charge is 0.433 e. The van der Waals surface area contributed by atoms with E-state index in [0.717, 1.165) is 18.4 Å². The second-order valence-corrected chi connectivity index (χ2v) is 7.90. The summed E-state index contributed by atoms with van der Waals surface area (Å²) in [5.74, 6) is 1.06. The number of hydrogen-bond acceptors (Lipinski definition) is 4. The molecule has 0 aromatic heterocycles. The zero-order chi connectivity index (χ0) is 21.4. The highest BCUT2D eigenvalue weighted by atomic mass is 19.4. The van der Waals surface area contributed by atoms with Crippen molar-refractivity contribution in [1.29, 1.82) is 0 Å². The molecule has 30 heavy (non-hydrogen) atoms. The largest absolute Gasteiger partial charge is 0.497 e. The van der Waals surface area contributed by atoms with E-state index in [0.29, 0.717) is 31.5 Å². The molecule has 0 radical (unpaired) electrons. The first-order valence-electron chi connectivity index (χ1n) is 9.87. The number of halogens is 3.